The fourth-order valence-electron chi connectivity index (χ4n) is 2.95. The first-order valence-electron chi connectivity index (χ1n) is 9.35. The third-order valence-electron chi connectivity index (χ3n) is 4.46. The van der Waals surface area contributed by atoms with Gasteiger partial charge in [-0.15, -0.1) is 11.8 Å². The minimum atomic E-state index is -0.502. The molecule has 3 aromatic rings. The smallest absolute Gasteiger partial charge is 0.340 e. The molecule has 0 spiro atoms. The van der Waals surface area contributed by atoms with Crippen LogP contribution in [-0.2, 0) is 16.1 Å². The summed E-state index contributed by atoms with van der Waals surface area (Å²) < 4.78 is 12.6. The van der Waals surface area contributed by atoms with Gasteiger partial charge in [0.2, 0.25) is 0 Å². The van der Waals surface area contributed by atoms with Crippen molar-refractivity contribution in [1.82, 2.24) is 9.88 Å². The third-order valence-corrected chi connectivity index (χ3v) is 5.47. The molecule has 0 saturated carbocycles. The molecular formula is C22H24N2O4S. The molecule has 0 aliphatic carbocycles. The SMILES string of the molecule is Cc1cc(C(=O)OCC(=O)NCCSc2ccccc2)c(C)n1Cc1ccco1. The van der Waals surface area contributed by atoms with E-state index in [1.807, 2.05) is 60.9 Å². The highest BCUT2D eigenvalue weighted by atomic mass is 32.2. The summed E-state index contributed by atoms with van der Waals surface area (Å²) in [5.41, 5.74) is 2.17. The molecule has 6 nitrogen and oxygen atoms in total. The Morgan fingerprint density at radius 1 is 1.14 bits per heavy atom. The van der Waals surface area contributed by atoms with Crippen molar-refractivity contribution in [3.8, 4) is 0 Å². The van der Waals surface area contributed by atoms with Crippen molar-refractivity contribution >= 4 is 23.6 Å². The molecule has 29 heavy (non-hydrogen) atoms. The van der Waals surface area contributed by atoms with E-state index in [4.69, 9.17) is 9.15 Å². The maximum atomic E-state index is 12.4. The molecule has 1 amide bonds. The topological polar surface area (TPSA) is 73.5 Å². The number of nitrogens with one attached hydrogen (secondary N) is 1. The van der Waals surface area contributed by atoms with E-state index in [2.05, 4.69) is 5.32 Å². The molecule has 0 unspecified atom stereocenters. The number of nitrogens with zero attached hydrogens (tertiary/aromatic N) is 1. The number of rotatable bonds is 9. The summed E-state index contributed by atoms with van der Waals surface area (Å²) in [5.74, 6) is 0.742. The van der Waals surface area contributed by atoms with Crippen LogP contribution in [0.2, 0.25) is 0 Å². The Morgan fingerprint density at radius 2 is 1.93 bits per heavy atom. The van der Waals surface area contributed by atoms with E-state index in [0.29, 0.717) is 18.7 Å². The standard InChI is InChI=1S/C22H24N2O4S/c1-16-13-20(17(2)24(16)14-18-7-6-11-27-18)22(26)28-15-21(25)23-10-12-29-19-8-4-3-5-9-19/h3-9,11,13H,10,12,14-15H2,1-2H3,(H,23,25). The number of aromatic nitrogens is 1. The quantitative estimate of drug-likeness (QED) is 0.329. The Labute approximate surface area is 174 Å². The summed E-state index contributed by atoms with van der Waals surface area (Å²) in [4.78, 5) is 25.5. The predicted molar refractivity (Wildman–Crippen MR) is 112 cm³/mol. The van der Waals surface area contributed by atoms with Gasteiger partial charge in [-0.1, -0.05) is 18.2 Å². The Kier molecular flexibility index (Phi) is 7.19. The maximum absolute atomic E-state index is 12.4. The molecule has 0 atom stereocenters. The lowest BCUT2D eigenvalue weighted by Gasteiger charge is -2.08. The van der Waals surface area contributed by atoms with Gasteiger partial charge in [0.25, 0.3) is 5.91 Å². The van der Waals surface area contributed by atoms with Crippen LogP contribution in [0.1, 0.15) is 27.5 Å². The third kappa shape index (κ3) is 5.77. The van der Waals surface area contributed by atoms with E-state index in [9.17, 15) is 9.59 Å². The van der Waals surface area contributed by atoms with Crippen LogP contribution in [0.4, 0.5) is 0 Å². The van der Waals surface area contributed by atoms with Crippen molar-refractivity contribution in [1.29, 1.82) is 0 Å². The van der Waals surface area contributed by atoms with Crippen LogP contribution in [0, 0.1) is 13.8 Å². The van der Waals surface area contributed by atoms with Gasteiger partial charge in [0, 0.05) is 28.6 Å². The predicted octanol–water partition coefficient (Wildman–Crippen LogP) is 3.81. The minimum Gasteiger partial charge on any atom is -0.467 e. The second-order valence-electron chi connectivity index (χ2n) is 6.54. The van der Waals surface area contributed by atoms with Gasteiger partial charge in [-0.05, 0) is 44.2 Å². The molecule has 0 fully saturated rings. The fraction of sp³-hybridized carbons (Fsp3) is 0.273. The molecule has 0 aliphatic heterocycles. The molecular weight excluding hydrogens is 388 g/mol. The van der Waals surface area contributed by atoms with E-state index in [1.165, 1.54) is 0 Å². The average molecular weight is 413 g/mol. The molecule has 2 heterocycles. The highest BCUT2D eigenvalue weighted by Crippen LogP contribution is 2.18. The van der Waals surface area contributed by atoms with E-state index < -0.39 is 5.97 Å². The van der Waals surface area contributed by atoms with Crippen LogP contribution in [0.15, 0.2) is 64.1 Å². The largest absolute Gasteiger partial charge is 0.467 e. The first-order chi connectivity index (χ1) is 14.0. The monoisotopic (exact) mass is 412 g/mol. The van der Waals surface area contributed by atoms with Crippen LogP contribution in [0.3, 0.4) is 0 Å². The number of thioether (sulfide) groups is 1. The lowest BCUT2D eigenvalue weighted by Crippen LogP contribution is -2.30. The molecule has 7 heteroatoms. The molecule has 0 bridgehead atoms. The summed E-state index contributed by atoms with van der Waals surface area (Å²) >= 11 is 1.66. The lowest BCUT2D eigenvalue weighted by molar-refractivity contribution is -0.124. The van der Waals surface area contributed by atoms with Crippen molar-refractivity contribution in [2.45, 2.75) is 25.3 Å². The second kappa shape index (κ2) is 10.0. The zero-order valence-corrected chi connectivity index (χ0v) is 17.3. The minimum absolute atomic E-state index is 0.295. The molecule has 1 aromatic carbocycles. The first kappa shape index (κ1) is 20.8. The van der Waals surface area contributed by atoms with Gasteiger partial charge in [0.15, 0.2) is 6.61 Å². The van der Waals surface area contributed by atoms with Gasteiger partial charge < -0.3 is 19.0 Å². The number of aryl methyl sites for hydroxylation is 1. The fourth-order valence-corrected chi connectivity index (χ4v) is 3.73. The lowest BCUT2D eigenvalue weighted by atomic mass is 10.2. The average Bonchev–Trinajstić information content (AvgIpc) is 3.34. The summed E-state index contributed by atoms with van der Waals surface area (Å²) in [5, 5.41) is 2.77. The Bertz CT molecular complexity index is 949. The zero-order valence-electron chi connectivity index (χ0n) is 16.5. The normalized spacial score (nSPS) is 10.7. The molecule has 152 valence electrons. The van der Waals surface area contributed by atoms with Gasteiger partial charge in [0.1, 0.15) is 5.76 Å². The summed E-state index contributed by atoms with van der Waals surface area (Å²) in [6, 6.07) is 15.5. The van der Waals surface area contributed by atoms with Gasteiger partial charge in [-0.3, -0.25) is 4.79 Å². The van der Waals surface area contributed by atoms with Crippen LogP contribution < -0.4 is 5.32 Å². The summed E-state index contributed by atoms with van der Waals surface area (Å²) in [7, 11) is 0. The zero-order chi connectivity index (χ0) is 20.6. The van der Waals surface area contributed by atoms with Gasteiger partial charge in [-0.2, -0.15) is 0 Å². The van der Waals surface area contributed by atoms with Crippen molar-refractivity contribution in [2.24, 2.45) is 0 Å². The van der Waals surface area contributed by atoms with Crippen molar-refractivity contribution < 1.29 is 18.7 Å². The van der Waals surface area contributed by atoms with Crippen molar-refractivity contribution in [3.05, 3.63) is 77.5 Å². The van der Waals surface area contributed by atoms with Crippen LogP contribution >= 0.6 is 11.8 Å². The van der Waals surface area contributed by atoms with Crippen LogP contribution in [-0.4, -0.2) is 35.3 Å². The number of amides is 1. The second-order valence-corrected chi connectivity index (χ2v) is 7.71. The highest BCUT2D eigenvalue weighted by molar-refractivity contribution is 7.99. The highest BCUT2D eigenvalue weighted by Gasteiger charge is 2.18. The Balaban J connectivity index is 1.44. The van der Waals surface area contributed by atoms with Gasteiger partial charge in [0.05, 0.1) is 18.4 Å². The van der Waals surface area contributed by atoms with Crippen molar-refractivity contribution in [2.75, 3.05) is 18.9 Å². The number of carbonyl (C=O) groups is 2. The van der Waals surface area contributed by atoms with Crippen molar-refractivity contribution in [3.63, 3.8) is 0 Å². The number of carbonyl (C=O) groups excluding carboxylic acids is 2. The number of benzene rings is 1. The first-order valence-corrected chi connectivity index (χ1v) is 10.3. The number of ether oxygens (including phenoxy) is 1. The Hall–Kier alpha value is -2.93. The number of hydrogen-bond acceptors (Lipinski definition) is 5. The Morgan fingerprint density at radius 3 is 2.66 bits per heavy atom. The number of furan rings is 1. The van der Waals surface area contributed by atoms with E-state index in [0.717, 1.165) is 27.8 Å². The summed E-state index contributed by atoms with van der Waals surface area (Å²) in [6.07, 6.45) is 1.62. The van der Waals surface area contributed by atoms with Crippen LogP contribution in [0.25, 0.3) is 0 Å². The van der Waals surface area contributed by atoms with E-state index in [-0.39, 0.29) is 12.5 Å². The van der Waals surface area contributed by atoms with E-state index in [1.54, 1.807) is 24.1 Å². The molecule has 0 saturated heterocycles. The molecule has 1 N–H and O–H groups in total. The van der Waals surface area contributed by atoms with E-state index >= 15 is 0 Å². The number of hydrogen-bond donors (Lipinski definition) is 1. The molecule has 2 aromatic heterocycles. The van der Waals surface area contributed by atoms with Gasteiger partial charge >= 0.3 is 5.97 Å². The summed E-state index contributed by atoms with van der Waals surface area (Å²) in [6.45, 7) is 4.53. The maximum Gasteiger partial charge on any atom is 0.340 e. The number of esters is 1. The van der Waals surface area contributed by atoms with Gasteiger partial charge in [-0.25, -0.2) is 4.79 Å². The molecule has 0 radical (unpaired) electrons. The molecule has 0 aliphatic rings. The van der Waals surface area contributed by atoms with Crippen LogP contribution in [0.5, 0.6) is 0 Å². The molecule has 3 rings (SSSR count).